The van der Waals surface area contributed by atoms with E-state index in [1.54, 1.807) is 23.9 Å². The smallest absolute Gasteiger partial charge is 0.126 e. The van der Waals surface area contributed by atoms with E-state index in [0.29, 0.717) is 24.1 Å². The molecule has 120 valence electrons. The first-order valence-electron chi connectivity index (χ1n) is 7.30. The van der Waals surface area contributed by atoms with Gasteiger partial charge in [-0.1, -0.05) is 11.6 Å². The van der Waals surface area contributed by atoms with Crippen molar-refractivity contribution in [2.75, 3.05) is 18.5 Å². The predicted molar refractivity (Wildman–Crippen MR) is 90.2 cm³/mol. The summed E-state index contributed by atoms with van der Waals surface area (Å²) >= 11 is 7.94. The maximum Gasteiger partial charge on any atom is 0.126 e. The fraction of sp³-hybridized carbons (Fsp3) is 0.333. The van der Waals surface area contributed by atoms with Crippen molar-refractivity contribution in [2.45, 2.75) is 18.6 Å². The molecule has 1 fully saturated rings. The molecule has 0 amide bonds. The van der Waals surface area contributed by atoms with Crippen molar-refractivity contribution in [1.82, 2.24) is 14.4 Å². The summed E-state index contributed by atoms with van der Waals surface area (Å²) in [5, 5.41) is 13.9. The van der Waals surface area contributed by atoms with Crippen LogP contribution in [0.2, 0.25) is 5.02 Å². The summed E-state index contributed by atoms with van der Waals surface area (Å²) in [6.07, 6.45) is 7.44. The molecule has 1 aliphatic heterocycles. The van der Waals surface area contributed by atoms with Crippen molar-refractivity contribution in [3.8, 4) is 10.4 Å². The van der Waals surface area contributed by atoms with Gasteiger partial charge in [-0.05, 0) is 12.5 Å². The third-order valence-corrected chi connectivity index (χ3v) is 5.25. The van der Waals surface area contributed by atoms with E-state index in [9.17, 15) is 5.11 Å². The Morgan fingerprint density at radius 2 is 2.35 bits per heavy atom. The highest BCUT2D eigenvalue weighted by atomic mass is 35.5. The van der Waals surface area contributed by atoms with Crippen LogP contribution in [0.4, 0.5) is 5.82 Å². The van der Waals surface area contributed by atoms with Crippen molar-refractivity contribution < 1.29 is 9.84 Å². The lowest BCUT2D eigenvalue weighted by molar-refractivity contribution is -0.0135. The third-order valence-electron chi connectivity index (χ3n) is 3.88. The number of hydrogen-bond donors (Lipinski definition) is 2. The minimum absolute atomic E-state index is 0.0616. The molecule has 0 aromatic carbocycles. The first-order chi connectivity index (χ1) is 11.2. The maximum absolute atomic E-state index is 9.99. The minimum atomic E-state index is -0.531. The summed E-state index contributed by atoms with van der Waals surface area (Å²) < 4.78 is 7.21. The number of imidazole rings is 1. The number of pyridine rings is 1. The summed E-state index contributed by atoms with van der Waals surface area (Å²) in [7, 11) is 0. The van der Waals surface area contributed by atoms with Crippen LogP contribution >= 0.6 is 22.9 Å². The number of anilines is 1. The van der Waals surface area contributed by atoms with Crippen LogP contribution < -0.4 is 5.32 Å². The van der Waals surface area contributed by atoms with E-state index in [4.69, 9.17) is 16.3 Å². The van der Waals surface area contributed by atoms with Crippen LogP contribution in [-0.4, -0.2) is 44.8 Å². The second-order valence-electron chi connectivity index (χ2n) is 5.47. The van der Waals surface area contributed by atoms with Crippen molar-refractivity contribution in [2.24, 2.45) is 0 Å². The van der Waals surface area contributed by atoms with Crippen molar-refractivity contribution in [3.05, 3.63) is 36.0 Å². The number of aliphatic hydroxyl groups excluding tert-OH is 1. The van der Waals surface area contributed by atoms with Gasteiger partial charge in [-0.15, -0.1) is 11.3 Å². The Labute approximate surface area is 141 Å². The van der Waals surface area contributed by atoms with Crippen LogP contribution in [0.5, 0.6) is 0 Å². The molecule has 2 N–H and O–H groups in total. The second kappa shape index (κ2) is 6.09. The molecule has 1 saturated heterocycles. The highest BCUT2D eigenvalue weighted by Gasteiger charge is 2.24. The Balaban J connectivity index is 1.63. The predicted octanol–water partition coefficient (Wildman–Crippen LogP) is 2.67. The van der Waals surface area contributed by atoms with Crippen LogP contribution in [0.3, 0.4) is 0 Å². The van der Waals surface area contributed by atoms with Crippen LogP contribution in [-0.2, 0) is 4.74 Å². The number of rotatable bonds is 3. The van der Waals surface area contributed by atoms with Gasteiger partial charge in [0.2, 0.25) is 0 Å². The lowest BCUT2D eigenvalue weighted by Gasteiger charge is -2.28. The number of nitrogens with zero attached hydrogens (tertiary/aromatic N) is 3. The molecule has 3 aromatic heterocycles. The van der Waals surface area contributed by atoms with Crippen molar-refractivity contribution in [1.29, 1.82) is 0 Å². The number of thiazole rings is 1. The molecule has 4 rings (SSSR count). The van der Waals surface area contributed by atoms with Gasteiger partial charge in [0, 0.05) is 24.6 Å². The molecule has 0 bridgehead atoms. The molecular formula is C15H15ClN4O2S. The van der Waals surface area contributed by atoms with Crippen molar-refractivity contribution in [3.63, 3.8) is 0 Å². The third kappa shape index (κ3) is 2.92. The zero-order chi connectivity index (χ0) is 15.8. The van der Waals surface area contributed by atoms with E-state index in [-0.39, 0.29) is 6.04 Å². The molecule has 23 heavy (non-hydrogen) atoms. The first-order valence-corrected chi connectivity index (χ1v) is 8.50. The number of aliphatic hydroxyl groups is 1. The first kappa shape index (κ1) is 14.9. The van der Waals surface area contributed by atoms with E-state index in [1.165, 1.54) is 0 Å². The highest BCUT2D eigenvalue weighted by Crippen LogP contribution is 2.34. The van der Waals surface area contributed by atoms with Gasteiger partial charge in [0.05, 0.1) is 41.2 Å². The van der Waals surface area contributed by atoms with E-state index >= 15 is 0 Å². The summed E-state index contributed by atoms with van der Waals surface area (Å²) in [5.74, 6) is 0.701. The van der Waals surface area contributed by atoms with Gasteiger partial charge in [0.1, 0.15) is 10.6 Å². The van der Waals surface area contributed by atoms with Gasteiger partial charge in [-0.2, -0.15) is 0 Å². The standard InChI is InChI=1S/C15H15ClN4O2S/c16-10-4-18-14(19-11-1-2-22-7-12(11)21)3-9(10)13-6-20-8-17-5-15(20)23-13/h3-6,8,11-12,21H,1-2,7H2,(H,18,19)/t11-,12-/m1/s1. The Bertz CT molecular complexity index is 805. The monoisotopic (exact) mass is 350 g/mol. The molecule has 6 nitrogen and oxygen atoms in total. The van der Waals surface area contributed by atoms with E-state index in [2.05, 4.69) is 15.3 Å². The van der Waals surface area contributed by atoms with Gasteiger partial charge in [-0.25, -0.2) is 9.97 Å². The lowest BCUT2D eigenvalue weighted by atomic mass is 10.1. The minimum Gasteiger partial charge on any atom is -0.389 e. The van der Waals surface area contributed by atoms with Crippen molar-refractivity contribution >= 4 is 33.6 Å². The zero-order valence-corrected chi connectivity index (χ0v) is 13.7. The van der Waals surface area contributed by atoms with Crippen LogP contribution in [0, 0.1) is 0 Å². The average Bonchev–Trinajstić information content (AvgIpc) is 3.13. The molecular weight excluding hydrogens is 336 g/mol. The molecule has 0 spiro atoms. The summed E-state index contributed by atoms with van der Waals surface area (Å²) in [6.45, 7) is 0.986. The summed E-state index contributed by atoms with van der Waals surface area (Å²) in [6, 6.07) is 1.86. The molecule has 4 heterocycles. The van der Waals surface area contributed by atoms with Crippen LogP contribution in [0.15, 0.2) is 31.0 Å². The molecule has 0 aliphatic carbocycles. The number of nitrogens with one attached hydrogen (secondary N) is 1. The summed E-state index contributed by atoms with van der Waals surface area (Å²) in [5.41, 5.74) is 0.916. The quantitative estimate of drug-likeness (QED) is 0.760. The molecule has 0 unspecified atom stereocenters. The Morgan fingerprint density at radius 3 is 3.17 bits per heavy atom. The van der Waals surface area contributed by atoms with E-state index in [0.717, 1.165) is 21.7 Å². The normalized spacial score (nSPS) is 21.7. The average molecular weight is 351 g/mol. The number of halogens is 1. The molecule has 1 aliphatic rings. The number of aromatic nitrogens is 3. The van der Waals surface area contributed by atoms with Gasteiger partial charge in [0.15, 0.2) is 0 Å². The fourth-order valence-electron chi connectivity index (χ4n) is 2.65. The molecule has 3 aromatic rings. The van der Waals surface area contributed by atoms with Gasteiger partial charge >= 0.3 is 0 Å². The van der Waals surface area contributed by atoms with E-state index in [1.807, 2.05) is 22.9 Å². The Kier molecular flexibility index (Phi) is 3.94. The lowest BCUT2D eigenvalue weighted by Crippen LogP contribution is -2.42. The number of fused-ring (bicyclic) bond motifs is 1. The maximum atomic E-state index is 9.99. The molecule has 8 heteroatoms. The molecule has 2 atom stereocenters. The Hall–Kier alpha value is -1.67. The van der Waals surface area contributed by atoms with Gasteiger partial charge < -0.3 is 15.2 Å². The SMILES string of the molecule is O[C@@H]1COCC[C@H]1Nc1cc(-c2cn3cncc3s2)c(Cl)cn1. The van der Waals surface area contributed by atoms with E-state index < -0.39 is 6.10 Å². The Morgan fingerprint density at radius 1 is 1.43 bits per heavy atom. The van der Waals surface area contributed by atoms with Crippen LogP contribution in [0.1, 0.15) is 6.42 Å². The zero-order valence-electron chi connectivity index (χ0n) is 12.1. The molecule has 0 saturated carbocycles. The summed E-state index contributed by atoms with van der Waals surface area (Å²) in [4.78, 5) is 10.5. The topological polar surface area (TPSA) is 71.7 Å². The van der Waals surface area contributed by atoms with Crippen LogP contribution in [0.25, 0.3) is 15.3 Å². The number of hydrogen-bond acceptors (Lipinski definition) is 6. The fourth-order valence-corrected chi connectivity index (χ4v) is 3.90. The van der Waals surface area contributed by atoms with Gasteiger partial charge in [0.25, 0.3) is 0 Å². The van der Waals surface area contributed by atoms with Gasteiger partial charge in [-0.3, -0.25) is 4.40 Å². The largest absolute Gasteiger partial charge is 0.389 e. The highest BCUT2D eigenvalue weighted by molar-refractivity contribution is 7.20. The molecule has 0 radical (unpaired) electrons. The number of ether oxygens (including phenoxy) is 1. The second-order valence-corrected chi connectivity index (χ2v) is 6.94.